The van der Waals surface area contributed by atoms with Crippen LogP contribution in [-0.4, -0.2) is 31.1 Å². The first-order valence-electron chi connectivity index (χ1n) is 7.91. The van der Waals surface area contributed by atoms with Gasteiger partial charge in [-0.25, -0.2) is 0 Å². The lowest BCUT2D eigenvalue weighted by molar-refractivity contribution is 0.390. The zero-order valence-corrected chi connectivity index (χ0v) is 12.5. The van der Waals surface area contributed by atoms with Gasteiger partial charge in [-0.05, 0) is 48.7 Å². The summed E-state index contributed by atoms with van der Waals surface area (Å²) in [5.74, 6) is 0. The van der Waals surface area contributed by atoms with Gasteiger partial charge in [-0.1, -0.05) is 48.5 Å². The maximum atomic E-state index is 3.92. The third kappa shape index (κ3) is 2.39. The second-order valence-electron chi connectivity index (χ2n) is 6.42. The molecule has 0 bridgehead atoms. The fourth-order valence-electron chi connectivity index (χ4n) is 3.81. The van der Waals surface area contributed by atoms with Crippen LogP contribution in [0, 0.1) is 0 Å². The van der Waals surface area contributed by atoms with E-state index in [1.807, 2.05) is 0 Å². The van der Waals surface area contributed by atoms with E-state index in [9.17, 15) is 0 Å². The predicted molar refractivity (Wildman–Crippen MR) is 86.6 cm³/mol. The van der Waals surface area contributed by atoms with Gasteiger partial charge in [-0.15, -0.1) is 0 Å². The Morgan fingerprint density at radius 1 is 0.952 bits per heavy atom. The zero-order valence-electron chi connectivity index (χ0n) is 12.5. The number of fused-ring (bicyclic) bond motifs is 2. The lowest BCUT2D eigenvalue weighted by atomic mass is 9.82. The van der Waals surface area contributed by atoms with E-state index in [0.717, 1.165) is 13.0 Å². The summed E-state index contributed by atoms with van der Waals surface area (Å²) >= 11 is 0. The van der Waals surface area contributed by atoms with Crippen molar-refractivity contribution in [2.24, 2.45) is 0 Å². The molecule has 2 heteroatoms. The molecule has 0 radical (unpaired) electrons. The summed E-state index contributed by atoms with van der Waals surface area (Å²) in [5.41, 5.74) is 5.87. The SMILES string of the molecule is CN1CCC(NC2c3ccccc3Cc3ccccc32)C1. The molecule has 0 amide bonds. The van der Waals surface area contributed by atoms with Gasteiger partial charge in [-0.3, -0.25) is 0 Å². The van der Waals surface area contributed by atoms with Gasteiger partial charge < -0.3 is 10.2 Å². The Morgan fingerprint density at radius 3 is 2.14 bits per heavy atom. The van der Waals surface area contributed by atoms with E-state index in [1.165, 1.54) is 35.2 Å². The van der Waals surface area contributed by atoms with Crippen LogP contribution in [0.4, 0.5) is 0 Å². The van der Waals surface area contributed by atoms with Crippen LogP contribution in [0.5, 0.6) is 0 Å². The Bertz CT molecular complexity index is 604. The van der Waals surface area contributed by atoms with E-state index in [0.29, 0.717) is 12.1 Å². The first-order chi connectivity index (χ1) is 10.3. The number of hydrogen-bond acceptors (Lipinski definition) is 2. The predicted octanol–water partition coefficient (Wildman–Crippen LogP) is 2.97. The Balaban J connectivity index is 1.71. The molecule has 1 heterocycles. The summed E-state index contributed by atoms with van der Waals surface area (Å²) < 4.78 is 0. The topological polar surface area (TPSA) is 15.3 Å². The van der Waals surface area contributed by atoms with Gasteiger partial charge in [0.1, 0.15) is 0 Å². The molecule has 1 N–H and O–H groups in total. The van der Waals surface area contributed by atoms with Gasteiger partial charge in [0, 0.05) is 12.6 Å². The summed E-state index contributed by atoms with van der Waals surface area (Å²) in [4.78, 5) is 2.41. The Labute approximate surface area is 126 Å². The van der Waals surface area contributed by atoms with E-state index in [2.05, 4.69) is 65.8 Å². The standard InChI is InChI=1S/C19H22N2/c1-21-11-10-16(13-21)20-19-17-8-4-2-6-14(17)12-15-7-3-5-9-18(15)19/h2-9,16,19-20H,10-13H2,1H3. The summed E-state index contributed by atoms with van der Waals surface area (Å²) in [6, 6.07) is 18.7. The molecule has 4 rings (SSSR count). The minimum Gasteiger partial charge on any atom is -0.305 e. The Hall–Kier alpha value is -1.64. The molecule has 1 aliphatic heterocycles. The molecule has 2 aliphatic rings. The summed E-state index contributed by atoms with van der Waals surface area (Å²) in [5, 5.41) is 3.92. The molecule has 1 fully saturated rings. The molecular formula is C19H22N2. The molecule has 2 aromatic rings. The van der Waals surface area contributed by atoms with Gasteiger partial charge >= 0.3 is 0 Å². The summed E-state index contributed by atoms with van der Waals surface area (Å²) in [6.07, 6.45) is 2.31. The first-order valence-corrected chi connectivity index (χ1v) is 7.91. The summed E-state index contributed by atoms with van der Waals surface area (Å²) in [6.45, 7) is 2.36. The van der Waals surface area contributed by atoms with Crippen LogP contribution in [0.1, 0.15) is 34.7 Å². The van der Waals surface area contributed by atoms with E-state index in [4.69, 9.17) is 0 Å². The monoisotopic (exact) mass is 278 g/mol. The van der Waals surface area contributed by atoms with E-state index in [1.54, 1.807) is 0 Å². The highest BCUT2D eigenvalue weighted by molar-refractivity contribution is 5.48. The van der Waals surface area contributed by atoms with Crippen LogP contribution >= 0.6 is 0 Å². The van der Waals surface area contributed by atoms with Gasteiger partial charge in [0.05, 0.1) is 6.04 Å². The van der Waals surface area contributed by atoms with Crippen LogP contribution < -0.4 is 5.32 Å². The molecule has 108 valence electrons. The molecular weight excluding hydrogens is 256 g/mol. The maximum absolute atomic E-state index is 3.92. The molecule has 2 nitrogen and oxygen atoms in total. The van der Waals surface area contributed by atoms with Crippen LogP contribution in [0.25, 0.3) is 0 Å². The minimum absolute atomic E-state index is 0.350. The van der Waals surface area contributed by atoms with Crippen molar-refractivity contribution in [2.75, 3.05) is 20.1 Å². The van der Waals surface area contributed by atoms with Crippen molar-refractivity contribution in [3.8, 4) is 0 Å². The van der Waals surface area contributed by atoms with Crippen LogP contribution in [0.2, 0.25) is 0 Å². The smallest absolute Gasteiger partial charge is 0.0584 e. The minimum atomic E-state index is 0.350. The number of nitrogens with zero attached hydrogens (tertiary/aromatic N) is 1. The van der Waals surface area contributed by atoms with E-state index in [-0.39, 0.29) is 0 Å². The molecule has 1 unspecified atom stereocenters. The fraction of sp³-hybridized carbons (Fsp3) is 0.368. The average molecular weight is 278 g/mol. The third-order valence-corrected chi connectivity index (χ3v) is 4.91. The van der Waals surface area contributed by atoms with Crippen molar-refractivity contribution in [3.63, 3.8) is 0 Å². The van der Waals surface area contributed by atoms with Gasteiger partial charge in [0.15, 0.2) is 0 Å². The number of likely N-dealkylation sites (tertiary alicyclic amines) is 1. The van der Waals surface area contributed by atoms with Crippen LogP contribution in [0.3, 0.4) is 0 Å². The highest BCUT2D eigenvalue weighted by atomic mass is 15.2. The largest absolute Gasteiger partial charge is 0.305 e. The van der Waals surface area contributed by atoms with Crippen LogP contribution in [0.15, 0.2) is 48.5 Å². The fourth-order valence-corrected chi connectivity index (χ4v) is 3.81. The van der Waals surface area contributed by atoms with E-state index < -0.39 is 0 Å². The Morgan fingerprint density at radius 2 is 1.57 bits per heavy atom. The maximum Gasteiger partial charge on any atom is 0.0584 e. The molecule has 1 saturated heterocycles. The molecule has 1 atom stereocenters. The number of hydrogen-bond donors (Lipinski definition) is 1. The number of likely N-dealkylation sites (N-methyl/N-ethyl adjacent to an activating group) is 1. The Kier molecular flexibility index (Phi) is 3.28. The van der Waals surface area contributed by atoms with Crippen molar-refractivity contribution >= 4 is 0 Å². The average Bonchev–Trinajstić information content (AvgIpc) is 2.92. The summed E-state index contributed by atoms with van der Waals surface area (Å²) in [7, 11) is 2.21. The third-order valence-electron chi connectivity index (χ3n) is 4.91. The molecule has 1 aliphatic carbocycles. The second-order valence-corrected chi connectivity index (χ2v) is 6.42. The first kappa shape index (κ1) is 13.1. The molecule has 0 saturated carbocycles. The van der Waals surface area contributed by atoms with Crippen molar-refractivity contribution in [1.29, 1.82) is 0 Å². The van der Waals surface area contributed by atoms with Crippen molar-refractivity contribution < 1.29 is 0 Å². The number of rotatable bonds is 2. The van der Waals surface area contributed by atoms with Crippen molar-refractivity contribution in [2.45, 2.75) is 24.9 Å². The highest BCUT2D eigenvalue weighted by Gasteiger charge is 2.28. The number of benzene rings is 2. The molecule has 2 aromatic carbocycles. The van der Waals surface area contributed by atoms with E-state index >= 15 is 0 Å². The van der Waals surface area contributed by atoms with Crippen molar-refractivity contribution in [1.82, 2.24) is 10.2 Å². The van der Waals surface area contributed by atoms with Gasteiger partial charge in [-0.2, -0.15) is 0 Å². The molecule has 0 spiro atoms. The lowest BCUT2D eigenvalue weighted by Gasteiger charge is -2.31. The van der Waals surface area contributed by atoms with Crippen molar-refractivity contribution in [3.05, 3.63) is 70.8 Å². The lowest BCUT2D eigenvalue weighted by Crippen LogP contribution is -2.37. The quantitative estimate of drug-likeness (QED) is 0.908. The highest BCUT2D eigenvalue weighted by Crippen LogP contribution is 2.35. The van der Waals surface area contributed by atoms with Crippen LogP contribution in [-0.2, 0) is 6.42 Å². The number of nitrogens with one attached hydrogen (secondary N) is 1. The van der Waals surface area contributed by atoms with Gasteiger partial charge in [0.2, 0.25) is 0 Å². The second kappa shape index (κ2) is 5.28. The zero-order chi connectivity index (χ0) is 14.2. The normalized spacial score (nSPS) is 22.0. The molecule has 21 heavy (non-hydrogen) atoms. The van der Waals surface area contributed by atoms with Gasteiger partial charge in [0.25, 0.3) is 0 Å². The molecule has 0 aromatic heterocycles.